The van der Waals surface area contributed by atoms with Crippen LogP contribution >= 0.6 is 15.9 Å². The molecule has 0 spiro atoms. The molecule has 1 aliphatic rings. The SMILES string of the molecule is CCc1nn(CC)c(CC2(O)CCCCC2C(C)C)c1Br. The minimum absolute atomic E-state index is 0.392. The Morgan fingerprint density at radius 3 is 2.67 bits per heavy atom. The van der Waals surface area contributed by atoms with Crippen LogP contribution in [0.25, 0.3) is 0 Å². The lowest BCUT2D eigenvalue weighted by molar-refractivity contribution is -0.0666. The van der Waals surface area contributed by atoms with Gasteiger partial charge in [-0.05, 0) is 54.0 Å². The van der Waals surface area contributed by atoms with Gasteiger partial charge in [0.25, 0.3) is 0 Å². The van der Waals surface area contributed by atoms with Gasteiger partial charge in [0, 0.05) is 13.0 Å². The second kappa shape index (κ2) is 6.82. The molecule has 1 saturated carbocycles. The van der Waals surface area contributed by atoms with Gasteiger partial charge in [-0.25, -0.2) is 0 Å². The van der Waals surface area contributed by atoms with Crippen LogP contribution in [0.4, 0.5) is 0 Å². The Morgan fingerprint density at radius 1 is 1.38 bits per heavy atom. The van der Waals surface area contributed by atoms with Crippen molar-refractivity contribution in [2.75, 3.05) is 0 Å². The lowest BCUT2D eigenvalue weighted by atomic mass is 9.68. The molecule has 0 radical (unpaired) electrons. The first-order chi connectivity index (χ1) is 9.92. The van der Waals surface area contributed by atoms with E-state index in [4.69, 9.17) is 0 Å². The zero-order valence-electron chi connectivity index (χ0n) is 13.8. The van der Waals surface area contributed by atoms with E-state index in [2.05, 4.69) is 53.4 Å². The lowest BCUT2D eigenvalue weighted by Crippen LogP contribution is -2.45. The van der Waals surface area contributed by atoms with Crippen LogP contribution in [0.3, 0.4) is 0 Å². The van der Waals surface area contributed by atoms with Crippen molar-refractivity contribution < 1.29 is 5.11 Å². The summed E-state index contributed by atoms with van der Waals surface area (Å²) in [5, 5.41) is 16.0. The van der Waals surface area contributed by atoms with Gasteiger partial charge in [0.05, 0.1) is 21.5 Å². The highest BCUT2D eigenvalue weighted by Gasteiger charge is 2.41. The van der Waals surface area contributed by atoms with Crippen LogP contribution in [0.1, 0.15) is 64.8 Å². The molecule has 0 bridgehead atoms. The maximum Gasteiger partial charge on any atom is 0.0766 e. The Kier molecular flexibility index (Phi) is 5.53. The largest absolute Gasteiger partial charge is 0.389 e. The molecule has 0 aliphatic heterocycles. The highest BCUT2D eigenvalue weighted by molar-refractivity contribution is 9.10. The van der Waals surface area contributed by atoms with Gasteiger partial charge in [0.2, 0.25) is 0 Å². The number of hydrogen-bond acceptors (Lipinski definition) is 2. The quantitative estimate of drug-likeness (QED) is 0.851. The molecule has 21 heavy (non-hydrogen) atoms. The topological polar surface area (TPSA) is 38.0 Å². The van der Waals surface area contributed by atoms with Crippen molar-refractivity contribution in [2.24, 2.45) is 11.8 Å². The van der Waals surface area contributed by atoms with Gasteiger partial charge < -0.3 is 5.11 Å². The lowest BCUT2D eigenvalue weighted by Gasteiger charge is -2.42. The summed E-state index contributed by atoms with van der Waals surface area (Å²) in [6.45, 7) is 9.59. The van der Waals surface area contributed by atoms with Gasteiger partial charge in [-0.1, -0.05) is 33.6 Å². The van der Waals surface area contributed by atoms with Gasteiger partial charge in [-0.2, -0.15) is 5.10 Å². The molecule has 0 aromatic carbocycles. The number of hydrogen-bond donors (Lipinski definition) is 1. The highest BCUT2D eigenvalue weighted by atomic mass is 79.9. The van der Waals surface area contributed by atoms with E-state index in [9.17, 15) is 5.11 Å². The Labute approximate surface area is 137 Å². The Bertz CT molecular complexity index is 483. The normalized spacial score (nSPS) is 26.5. The summed E-state index contributed by atoms with van der Waals surface area (Å²) in [6.07, 6.45) is 6.09. The molecular weight excluding hydrogens is 328 g/mol. The zero-order valence-corrected chi connectivity index (χ0v) is 15.4. The molecule has 0 amide bonds. The summed E-state index contributed by atoms with van der Waals surface area (Å²) in [5.74, 6) is 0.918. The van der Waals surface area contributed by atoms with E-state index in [1.165, 1.54) is 12.1 Å². The fourth-order valence-corrected chi connectivity index (χ4v) is 4.60. The first kappa shape index (κ1) is 17.0. The van der Waals surface area contributed by atoms with E-state index >= 15 is 0 Å². The average Bonchev–Trinajstić information content (AvgIpc) is 2.75. The molecule has 2 unspecified atom stereocenters. The van der Waals surface area contributed by atoms with Crippen molar-refractivity contribution in [3.05, 3.63) is 15.9 Å². The van der Waals surface area contributed by atoms with Gasteiger partial charge in [-0.15, -0.1) is 0 Å². The third kappa shape index (κ3) is 3.37. The number of nitrogens with zero attached hydrogens (tertiary/aromatic N) is 2. The van der Waals surface area contributed by atoms with Gasteiger partial charge in [0.15, 0.2) is 0 Å². The van der Waals surface area contributed by atoms with Crippen molar-refractivity contribution in [1.29, 1.82) is 0 Å². The summed E-state index contributed by atoms with van der Waals surface area (Å²) in [7, 11) is 0. The fourth-order valence-electron chi connectivity index (χ4n) is 3.90. The van der Waals surface area contributed by atoms with Gasteiger partial charge in [0.1, 0.15) is 0 Å². The molecule has 1 aliphatic carbocycles. The second-order valence-electron chi connectivity index (χ2n) is 6.75. The fraction of sp³-hybridized carbons (Fsp3) is 0.824. The number of halogens is 1. The van der Waals surface area contributed by atoms with Crippen molar-refractivity contribution in [1.82, 2.24) is 9.78 Å². The number of rotatable bonds is 5. The molecule has 2 rings (SSSR count). The first-order valence-electron chi connectivity index (χ1n) is 8.39. The molecule has 1 N–H and O–H groups in total. The summed E-state index contributed by atoms with van der Waals surface area (Å²) >= 11 is 3.72. The molecule has 1 aromatic heterocycles. The van der Waals surface area contributed by atoms with Crippen LogP contribution in [0.2, 0.25) is 0 Å². The standard InChI is InChI=1S/C17H29BrN2O/c1-5-14-16(18)15(20(6-2)19-14)11-17(21)10-8-7-9-13(17)12(3)4/h12-13,21H,5-11H2,1-4H3. The first-order valence-corrected chi connectivity index (χ1v) is 9.18. The smallest absolute Gasteiger partial charge is 0.0766 e. The molecular formula is C17H29BrN2O. The number of aromatic nitrogens is 2. The molecule has 1 fully saturated rings. The molecule has 4 heteroatoms. The molecule has 2 atom stereocenters. The second-order valence-corrected chi connectivity index (χ2v) is 7.55. The Balaban J connectivity index is 2.32. The van der Waals surface area contributed by atoms with Gasteiger partial charge >= 0.3 is 0 Å². The highest BCUT2D eigenvalue weighted by Crippen LogP contribution is 2.41. The van der Waals surface area contributed by atoms with Crippen LogP contribution in [-0.4, -0.2) is 20.5 Å². The maximum atomic E-state index is 11.3. The van der Waals surface area contributed by atoms with E-state index < -0.39 is 5.60 Å². The van der Waals surface area contributed by atoms with Crippen LogP contribution in [-0.2, 0) is 19.4 Å². The minimum atomic E-state index is -0.576. The van der Waals surface area contributed by atoms with Crippen LogP contribution in [0.5, 0.6) is 0 Å². The van der Waals surface area contributed by atoms with Crippen LogP contribution in [0, 0.1) is 11.8 Å². The van der Waals surface area contributed by atoms with Crippen LogP contribution in [0.15, 0.2) is 4.47 Å². The van der Waals surface area contributed by atoms with E-state index in [1.807, 2.05) is 0 Å². The molecule has 0 saturated heterocycles. The predicted octanol–water partition coefficient (Wildman–Crippen LogP) is 4.35. The summed E-state index contributed by atoms with van der Waals surface area (Å²) in [5.41, 5.74) is 1.70. The minimum Gasteiger partial charge on any atom is -0.389 e. The third-order valence-electron chi connectivity index (χ3n) is 5.04. The predicted molar refractivity (Wildman–Crippen MR) is 90.4 cm³/mol. The molecule has 3 nitrogen and oxygen atoms in total. The van der Waals surface area contributed by atoms with E-state index in [0.717, 1.165) is 48.8 Å². The zero-order chi connectivity index (χ0) is 15.6. The Morgan fingerprint density at radius 2 is 2.10 bits per heavy atom. The summed E-state index contributed by atoms with van der Waals surface area (Å²) in [4.78, 5) is 0. The van der Waals surface area contributed by atoms with Crippen molar-refractivity contribution in [3.63, 3.8) is 0 Å². The van der Waals surface area contributed by atoms with Crippen molar-refractivity contribution in [2.45, 2.75) is 78.4 Å². The van der Waals surface area contributed by atoms with Gasteiger partial charge in [-0.3, -0.25) is 4.68 Å². The van der Waals surface area contributed by atoms with E-state index in [1.54, 1.807) is 0 Å². The van der Waals surface area contributed by atoms with Crippen molar-refractivity contribution >= 4 is 15.9 Å². The monoisotopic (exact) mass is 356 g/mol. The maximum absolute atomic E-state index is 11.3. The van der Waals surface area contributed by atoms with Crippen LogP contribution < -0.4 is 0 Å². The third-order valence-corrected chi connectivity index (χ3v) is 5.95. The number of aryl methyl sites for hydroxylation is 2. The summed E-state index contributed by atoms with van der Waals surface area (Å²) in [6, 6.07) is 0. The number of aliphatic hydroxyl groups is 1. The summed E-state index contributed by atoms with van der Waals surface area (Å²) < 4.78 is 3.17. The Hall–Kier alpha value is -0.350. The molecule has 120 valence electrons. The van der Waals surface area contributed by atoms with E-state index in [0.29, 0.717) is 11.8 Å². The van der Waals surface area contributed by atoms with Crippen molar-refractivity contribution in [3.8, 4) is 0 Å². The van der Waals surface area contributed by atoms with E-state index in [-0.39, 0.29) is 0 Å². The molecule has 1 heterocycles. The molecule has 1 aromatic rings. The average molecular weight is 357 g/mol.